The molecule has 2 fully saturated rings. The molecule has 2 aliphatic heterocycles. The zero-order valence-corrected chi connectivity index (χ0v) is 16.8. The van der Waals surface area contributed by atoms with E-state index in [0.717, 1.165) is 12.1 Å². The Labute approximate surface area is 171 Å². The van der Waals surface area contributed by atoms with Gasteiger partial charge in [0.05, 0.1) is 6.26 Å². The Kier molecular flexibility index (Phi) is 6.30. The fraction of sp³-hybridized carbons (Fsp3) is 0.478. The van der Waals surface area contributed by atoms with Crippen LogP contribution in [0.25, 0.3) is 0 Å². The van der Waals surface area contributed by atoms with E-state index >= 15 is 0 Å². The summed E-state index contributed by atoms with van der Waals surface area (Å²) >= 11 is 0. The quantitative estimate of drug-likeness (QED) is 0.817. The number of piperidine rings is 1. The fourth-order valence-electron chi connectivity index (χ4n) is 4.20. The number of rotatable bonds is 6. The summed E-state index contributed by atoms with van der Waals surface area (Å²) in [7, 11) is 0. The average Bonchev–Trinajstić information content (AvgIpc) is 3.47. The highest BCUT2D eigenvalue weighted by molar-refractivity contribution is 5.91. The first-order valence-electron chi connectivity index (χ1n) is 10.6. The van der Waals surface area contributed by atoms with Crippen molar-refractivity contribution in [1.82, 2.24) is 15.1 Å². The van der Waals surface area contributed by atoms with Crippen LogP contribution in [0.1, 0.15) is 47.4 Å². The van der Waals surface area contributed by atoms with Gasteiger partial charge in [-0.1, -0.05) is 24.3 Å². The molecular weight excluding hydrogens is 366 g/mol. The smallest absolute Gasteiger partial charge is 0.289 e. The average molecular weight is 396 g/mol. The Balaban J connectivity index is 1.20. The first-order chi connectivity index (χ1) is 14.2. The van der Waals surface area contributed by atoms with Crippen molar-refractivity contribution in [3.8, 4) is 0 Å². The lowest BCUT2D eigenvalue weighted by Gasteiger charge is -2.30. The summed E-state index contributed by atoms with van der Waals surface area (Å²) in [5.74, 6) is 0.310. The third kappa shape index (κ3) is 5.07. The van der Waals surface area contributed by atoms with Crippen LogP contribution >= 0.6 is 0 Å². The van der Waals surface area contributed by atoms with Gasteiger partial charge in [0.25, 0.3) is 5.91 Å². The lowest BCUT2D eigenvalue weighted by Crippen LogP contribution is -2.42. The van der Waals surface area contributed by atoms with Crippen LogP contribution in [0, 0.1) is 5.92 Å². The Morgan fingerprint density at radius 1 is 0.966 bits per heavy atom. The monoisotopic (exact) mass is 395 g/mol. The number of hydrogen-bond acceptors (Lipinski definition) is 4. The van der Waals surface area contributed by atoms with Gasteiger partial charge in [0, 0.05) is 32.1 Å². The molecule has 0 bridgehead atoms. The van der Waals surface area contributed by atoms with Crippen molar-refractivity contribution in [1.29, 1.82) is 0 Å². The van der Waals surface area contributed by atoms with E-state index in [1.54, 1.807) is 17.0 Å². The molecule has 2 aromatic rings. The number of carbonyl (C=O) groups is 2. The SMILES string of the molecule is O=C(NCc1ccc(CN2CCCC2)cc1)C1CCN(C(=O)c2ccco2)CC1. The van der Waals surface area contributed by atoms with Gasteiger partial charge in [-0.3, -0.25) is 14.5 Å². The highest BCUT2D eigenvalue weighted by Gasteiger charge is 2.28. The molecule has 2 amide bonds. The van der Waals surface area contributed by atoms with Gasteiger partial charge in [0.1, 0.15) is 0 Å². The lowest BCUT2D eigenvalue weighted by molar-refractivity contribution is -0.126. The number of amides is 2. The zero-order valence-electron chi connectivity index (χ0n) is 16.8. The van der Waals surface area contributed by atoms with Crippen molar-refractivity contribution in [2.24, 2.45) is 5.92 Å². The maximum absolute atomic E-state index is 12.5. The van der Waals surface area contributed by atoms with E-state index in [4.69, 9.17) is 4.42 Å². The minimum Gasteiger partial charge on any atom is -0.459 e. The van der Waals surface area contributed by atoms with Crippen LogP contribution in [0.5, 0.6) is 0 Å². The van der Waals surface area contributed by atoms with Crippen molar-refractivity contribution < 1.29 is 14.0 Å². The number of furan rings is 1. The van der Waals surface area contributed by atoms with Gasteiger partial charge in [-0.25, -0.2) is 0 Å². The van der Waals surface area contributed by atoms with Crippen LogP contribution in [0.15, 0.2) is 47.1 Å². The van der Waals surface area contributed by atoms with Crippen molar-refractivity contribution in [3.63, 3.8) is 0 Å². The summed E-state index contributed by atoms with van der Waals surface area (Å²) < 4.78 is 5.18. The first kappa shape index (κ1) is 19.7. The van der Waals surface area contributed by atoms with E-state index < -0.39 is 0 Å². The largest absolute Gasteiger partial charge is 0.459 e. The summed E-state index contributed by atoms with van der Waals surface area (Å²) in [6.45, 7) is 5.13. The summed E-state index contributed by atoms with van der Waals surface area (Å²) in [5.41, 5.74) is 2.45. The molecule has 6 heteroatoms. The van der Waals surface area contributed by atoms with E-state index in [-0.39, 0.29) is 17.7 Å². The predicted octanol–water partition coefficient (Wildman–Crippen LogP) is 3.04. The molecule has 6 nitrogen and oxygen atoms in total. The number of nitrogens with one attached hydrogen (secondary N) is 1. The van der Waals surface area contributed by atoms with Crippen LogP contribution in [0.3, 0.4) is 0 Å². The second-order valence-corrected chi connectivity index (χ2v) is 8.06. The number of carbonyl (C=O) groups excluding carboxylic acids is 2. The molecule has 2 saturated heterocycles. The van der Waals surface area contributed by atoms with E-state index in [2.05, 4.69) is 34.5 Å². The second-order valence-electron chi connectivity index (χ2n) is 8.06. The normalized spacial score (nSPS) is 18.1. The van der Waals surface area contributed by atoms with Gasteiger partial charge >= 0.3 is 0 Å². The van der Waals surface area contributed by atoms with Crippen LogP contribution in [-0.4, -0.2) is 47.8 Å². The summed E-state index contributed by atoms with van der Waals surface area (Å²) in [6, 6.07) is 11.9. The fourth-order valence-corrected chi connectivity index (χ4v) is 4.20. The predicted molar refractivity (Wildman–Crippen MR) is 110 cm³/mol. The minimum atomic E-state index is -0.0946. The molecule has 1 aromatic heterocycles. The summed E-state index contributed by atoms with van der Waals surface area (Å²) in [5, 5.41) is 3.06. The van der Waals surface area contributed by atoms with Crippen LogP contribution < -0.4 is 5.32 Å². The van der Waals surface area contributed by atoms with Crippen LogP contribution in [0.4, 0.5) is 0 Å². The zero-order chi connectivity index (χ0) is 20.1. The van der Waals surface area contributed by atoms with Gasteiger partial charge in [0.2, 0.25) is 5.91 Å². The molecule has 1 aromatic carbocycles. The van der Waals surface area contributed by atoms with Crippen molar-refractivity contribution in [2.75, 3.05) is 26.2 Å². The highest BCUT2D eigenvalue weighted by atomic mass is 16.3. The molecule has 29 heavy (non-hydrogen) atoms. The summed E-state index contributed by atoms with van der Waals surface area (Å²) in [6.07, 6.45) is 5.49. The van der Waals surface area contributed by atoms with Gasteiger partial charge in [-0.05, 0) is 62.0 Å². The standard InChI is InChI=1S/C23H29N3O3/c27-22(20-9-13-26(14-10-20)23(28)21-4-3-15-29-21)24-16-18-5-7-19(8-6-18)17-25-11-1-2-12-25/h3-8,15,20H,1-2,9-14,16-17H2,(H,24,27). The first-order valence-corrected chi connectivity index (χ1v) is 10.6. The highest BCUT2D eigenvalue weighted by Crippen LogP contribution is 2.20. The third-order valence-electron chi connectivity index (χ3n) is 5.98. The van der Waals surface area contributed by atoms with E-state index in [1.165, 1.54) is 37.8 Å². The lowest BCUT2D eigenvalue weighted by atomic mass is 9.95. The molecule has 0 atom stereocenters. The molecule has 3 heterocycles. The van der Waals surface area contributed by atoms with Crippen LogP contribution in [0.2, 0.25) is 0 Å². The van der Waals surface area contributed by atoms with Gasteiger partial charge in [-0.15, -0.1) is 0 Å². The molecule has 0 spiro atoms. The number of nitrogens with zero attached hydrogens (tertiary/aromatic N) is 2. The van der Waals surface area contributed by atoms with E-state index in [0.29, 0.717) is 38.2 Å². The number of hydrogen-bond donors (Lipinski definition) is 1. The van der Waals surface area contributed by atoms with E-state index in [1.807, 2.05) is 0 Å². The third-order valence-corrected chi connectivity index (χ3v) is 5.98. The van der Waals surface area contributed by atoms with Gasteiger partial charge < -0.3 is 14.6 Å². The molecule has 0 aliphatic carbocycles. The molecule has 2 aliphatic rings. The van der Waals surface area contributed by atoms with Crippen molar-refractivity contribution in [3.05, 3.63) is 59.5 Å². The second kappa shape index (κ2) is 9.27. The Morgan fingerprint density at radius 3 is 2.31 bits per heavy atom. The molecule has 4 rings (SSSR count). The van der Waals surface area contributed by atoms with Gasteiger partial charge in [0.15, 0.2) is 5.76 Å². The van der Waals surface area contributed by atoms with Crippen LogP contribution in [-0.2, 0) is 17.9 Å². The number of benzene rings is 1. The Morgan fingerprint density at radius 2 is 1.66 bits per heavy atom. The maximum Gasteiger partial charge on any atom is 0.289 e. The van der Waals surface area contributed by atoms with E-state index in [9.17, 15) is 9.59 Å². The molecule has 0 saturated carbocycles. The molecule has 154 valence electrons. The molecular formula is C23H29N3O3. The molecule has 0 radical (unpaired) electrons. The summed E-state index contributed by atoms with van der Waals surface area (Å²) in [4.78, 5) is 29.1. The van der Waals surface area contributed by atoms with Gasteiger partial charge in [-0.2, -0.15) is 0 Å². The molecule has 0 unspecified atom stereocenters. The molecule has 1 N–H and O–H groups in total. The van der Waals surface area contributed by atoms with Crippen molar-refractivity contribution in [2.45, 2.75) is 38.8 Å². The van der Waals surface area contributed by atoms with Crippen molar-refractivity contribution >= 4 is 11.8 Å². The Hall–Kier alpha value is -2.60. The maximum atomic E-state index is 12.5. The topological polar surface area (TPSA) is 65.8 Å². The minimum absolute atomic E-state index is 0.0370. The Bertz CT molecular complexity index is 802. The number of likely N-dealkylation sites (tertiary alicyclic amines) is 2.